The Bertz CT molecular complexity index is 842. The summed E-state index contributed by atoms with van der Waals surface area (Å²) >= 11 is 1.63. The molecular formula is C23H31FN2O3S. The first-order valence-corrected chi connectivity index (χ1v) is 11.5. The van der Waals surface area contributed by atoms with Crippen LogP contribution in [0.4, 0.5) is 4.39 Å². The largest absolute Gasteiger partial charge is 0.489 e. The molecule has 1 saturated carbocycles. The monoisotopic (exact) mass is 434 g/mol. The molecule has 1 heterocycles. The number of hydrogen-bond donors (Lipinski definition) is 0. The lowest BCUT2D eigenvalue weighted by Crippen LogP contribution is -2.33. The third-order valence-corrected chi connectivity index (χ3v) is 6.44. The lowest BCUT2D eigenvalue weighted by Gasteiger charge is -2.28. The molecule has 1 aliphatic heterocycles. The van der Waals surface area contributed by atoms with Crippen LogP contribution in [0.2, 0.25) is 0 Å². The Hall–Kier alpha value is -1.99. The molecule has 0 bridgehead atoms. The van der Waals surface area contributed by atoms with Crippen LogP contribution in [0.5, 0.6) is 5.75 Å². The summed E-state index contributed by atoms with van der Waals surface area (Å²) in [4.78, 5) is 6.69. The summed E-state index contributed by atoms with van der Waals surface area (Å²) in [5, 5.41) is 0. The summed E-state index contributed by atoms with van der Waals surface area (Å²) in [7, 11) is 3.66. The van der Waals surface area contributed by atoms with Gasteiger partial charge < -0.3 is 19.1 Å². The van der Waals surface area contributed by atoms with Crippen molar-refractivity contribution in [3.63, 3.8) is 0 Å². The molecule has 2 atom stereocenters. The van der Waals surface area contributed by atoms with Crippen molar-refractivity contribution in [1.29, 1.82) is 0 Å². The Labute approximate surface area is 183 Å². The van der Waals surface area contributed by atoms with Gasteiger partial charge in [0.05, 0.1) is 13.7 Å². The second-order valence-electron chi connectivity index (χ2n) is 8.01. The van der Waals surface area contributed by atoms with E-state index in [9.17, 15) is 4.39 Å². The minimum absolute atomic E-state index is 0.0930. The highest BCUT2D eigenvalue weighted by atomic mass is 32.2. The lowest BCUT2D eigenvalue weighted by molar-refractivity contribution is 0.0921. The molecule has 2 aliphatic rings. The third-order valence-electron chi connectivity index (χ3n) is 5.82. The van der Waals surface area contributed by atoms with Crippen LogP contribution in [-0.4, -0.2) is 51.2 Å². The molecule has 3 rings (SSSR count). The molecule has 2 fully saturated rings. The normalized spacial score (nSPS) is 24.2. The summed E-state index contributed by atoms with van der Waals surface area (Å²) in [5.74, 6) is 1.79. The highest BCUT2D eigenvalue weighted by molar-refractivity contribution is 7.97. The van der Waals surface area contributed by atoms with Gasteiger partial charge in [-0.25, -0.2) is 9.38 Å². The summed E-state index contributed by atoms with van der Waals surface area (Å²) in [5.41, 5.74) is 1.12. The van der Waals surface area contributed by atoms with Crippen LogP contribution < -0.4 is 4.74 Å². The van der Waals surface area contributed by atoms with Gasteiger partial charge in [-0.1, -0.05) is 12.6 Å². The van der Waals surface area contributed by atoms with E-state index in [2.05, 4.69) is 23.5 Å². The fourth-order valence-corrected chi connectivity index (χ4v) is 4.51. The van der Waals surface area contributed by atoms with Crippen LogP contribution in [0.3, 0.4) is 0 Å². The van der Waals surface area contributed by atoms with Crippen molar-refractivity contribution in [2.45, 2.75) is 25.5 Å². The van der Waals surface area contributed by atoms with E-state index in [1.165, 1.54) is 19.6 Å². The molecule has 7 heteroatoms. The predicted molar refractivity (Wildman–Crippen MR) is 120 cm³/mol. The second-order valence-corrected chi connectivity index (χ2v) is 8.88. The molecule has 0 aromatic heterocycles. The van der Waals surface area contributed by atoms with Crippen molar-refractivity contribution in [3.8, 4) is 5.75 Å². The van der Waals surface area contributed by atoms with E-state index in [1.807, 2.05) is 12.3 Å². The number of nitrogens with zero attached hydrogens (tertiary/aromatic N) is 2. The van der Waals surface area contributed by atoms with Crippen LogP contribution >= 0.6 is 11.8 Å². The number of rotatable bonds is 10. The summed E-state index contributed by atoms with van der Waals surface area (Å²) in [6, 6.07) is 4.92. The summed E-state index contributed by atoms with van der Waals surface area (Å²) in [6.45, 7) is 8.49. The molecule has 1 aromatic carbocycles. The molecule has 164 valence electrons. The van der Waals surface area contributed by atoms with Gasteiger partial charge >= 0.3 is 0 Å². The fourth-order valence-electron chi connectivity index (χ4n) is 4.00. The zero-order valence-corrected chi connectivity index (χ0v) is 19.1. The van der Waals surface area contributed by atoms with Crippen LogP contribution in [0.1, 0.15) is 25.3 Å². The average Bonchev–Trinajstić information content (AvgIpc) is 3.42. The Morgan fingerprint density at radius 2 is 2.27 bits per heavy atom. The van der Waals surface area contributed by atoms with Crippen molar-refractivity contribution in [2.75, 3.05) is 40.1 Å². The zero-order chi connectivity index (χ0) is 21.7. The van der Waals surface area contributed by atoms with Gasteiger partial charge in [-0.05, 0) is 63.2 Å². The van der Waals surface area contributed by atoms with E-state index in [-0.39, 0.29) is 22.7 Å². The second kappa shape index (κ2) is 9.88. The maximum Gasteiger partial charge on any atom is 0.260 e. The fraction of sp³-hybridized carbons (Fsp3) is 0.522. The number of piperidine rings is 1. The Kier molecular flexibility index (Phi) is 7.47. The molecule has 0 N–H and O–H groups in total. The van der Waals surface area contributed by atoms with Crippen molar-refractivity contribution in [2.24, 2.45) is 16.3 Å². The number of hydrogen-bond acceptors (Lipinski definition) is 6. The topological polar surface area (TPSA) is 43.3 Å². The van der Waals surface area contributed by atoms with E-state index in [0.29, 0.717) is 18.4 Å². The first-order valence-electron chi connectivity index (χ1n) is 10.1. The van der Waals surface area contributed by atoms with Gasteiger partial charge in [-0.2, -0.15) is 11.8 Å². The van der Waals surface area contributed by atoms with Gasteiger partial charge in [0, 0.05) is 23.9 Å². The average molecular weight is 435 g/mol. The maximum absolute atomic E-state index is 14.4. The molecule has 2 unspecified atom stereocenters. The van der Waals surface area contributed by atoms with Crippen molar-refractivity contribution in [3.05, 3.63) is 53.6 Å². The van der Waals surface area contributed by atoms with Crippen molar-refractivity contribution < 1.29 is 18.6 Å². The number of fused-ring (bicyclic) bond motifs is 1. The van der Waals surface area contributed by atoms with Gasteiger partial charge in [-0.3, -0.25) is 0 Å². The smallest absolute Gasteiger partial charge is 0.260 e. The van der Waals surface area contributed by atoms with E-state index >= 15 is 0 Å². The number of ether oxygens (including phenoxy) is 3. The van der Waals surface area contributed by atoms with E-state index in [4.69, 9.17) is 14.2 Å². The van der Waals surface area contributed by atoms with Gasteiger partial charge in [-0.15, -0.1) is 0 Å². The van der Waals surface area contributed by atoms with Gasteiger partial charge in [0.2, 0.25) is 5.76 Å². The van der Waals surface area contributed by atoms with Crippen LogP contribution in [-0.2, 0) is 15.2 Å². The minimum atomic E-state index is -0.439. The number of aliphatic imine (C=N–C) groups is 1. The molecule has 0 spiro atoms. The minimum Gasteiger partial charge on any atom is -0.489 e. The Morgan fingerprint density at radius 3 is 2.90 bits per heavy atom. The summed E-state index contributed by atoms with van der Waals surface area (Å²) in [6.07, 6.45) is 5.90. The van der Waals surface area contributed by atoms with Crippen LogP contribution in [0, 0.1) is 17.2 Å². The Morgan fingerprint density at radius 1 is 1.47 bits per heavy atom. The highest BCUT2D eigenvalue weighted by Crippen LogP contribution is 2.58. The highest BCUT2D eigenvalue weighted by Gasteiger charge is 2.56. The standard InChI is InChI=1S/C23H31FN2O3S/c1-6-25-22(28-15-23-9-10-26(3)13-18(23)12-23)21(27-4)16(2)29-20-8-7-17(14-30-5)11-19(20)24/h6-8,11,18H,2,9-10,12-15H2,1,3-5H3/b22-21-,25-6-. The van der Waals surface area contributed by atoms with Crippen molar-refractivity contribution in [1.82, 2.24) is 4.90 Å². The van der Waals surface area contributed by atoms with Crippen LogP contribution in [0.15, 0.2) is 47.2 Å². The molecule has 1 saturated heterocycles. The number of halogens is 1. The number of likely N-dealkylation sites (tertiary alicyclic amines) is 1. The number of thioether (sulfide) groups is 1. The SMILES string of the molecule is C=C(Oc1ccc(CSC)cc1F)/C(OC)=C(\N=C/C)OCC12CCN(C)CC1C2. The first kappa shape index (κ1) is 22.7. The van der Waals surface area contributed by atoms with E-state index < -0.39 is 5.82 Å². The zero-order valence-electron chi connectivity index (χ0n) is 18.2. The Balaban J connectivity index is 1.72. The first-order chi connectivity index (χ1) is 14.4. The van der Waals surface area contributed by atoms with Crippen LogP contribution in [0.25, 0.3) is 0 Å². The van der Waals surface area contributed by atoms with E-state index in [1.54, 1.807) is 31.0 Å². The third kappa shape index (κ3) is 5.19. The van der Waals surface area contributed by atoms with Crippen molar-refractivity contribution >= 4 is 18.0 Å². The number of benzene rings is 1. The molecule has 1 aromatic rings. The molecule has 1 aliphatic carbocycles. The number of methoxy groups -OCH3 is 1. The molecular weight excluding hydrogens is 403 g/mol. The molecule has 5 nitrogen and oxygen atoms in total. The van der Waals surface area contributed by atoms with Gasteiger partial charge in [0.15, 0.2) is 17.3 Å². The molecule has 0 amide bonds. The maximum atomic E-state index is 14.4. The van der Waals surface area contributed by atoms with Gasteiger partial charge in [0.25, 0.3) is 5.88 Å². The quantitative estimate of drug-likeness (QED) is 0.299. The predicted octanol–water partition coefficient (Wildman–Crippen LogP) is 4.85. The van der Waals surface area contributed by atoms with Gasteiger partial charge in [0.1, 0.15) is 0 Å². The van der Waals surface area contributed by atoms with E-state index in [0.717, 1.165) is 30.8 Å². The summed E-state index contributed by atoms with van der Waals surface area (Å²) < 4.78 is 31.7. The molecule has 30 heavy (non-hydrogen) atoms. The lowest BCUT2D eigenvalue weighted by atomic mass is 9.96. The molecule has 0 radical (unpaired) electrons.